The summed E-state index contributed by atoms with van der Waals surface area (Å²) in [5.41, 5.74) is 0.905. The summed E-state index contributed by atoms with van der Waals surface area (Å²) >= 11 is 0. The van der Waals surface area contributed by atoms with Crippen LogP contribution in [0.4, 0.5) is 4.39 Å². The molecule has 1 aliphatic heterocycles. The summed E-state index contributed by atoms with van der Waals surface area (Å²) in [5, 5.41) is 3.58. The van der Waals surface area contributed by atoms with E-state index >= 15 is 0 Å². The van der Waals surface area contributed by atoms with Crippen LogP contribution in [0.2, 0.25) is 0 Å². The monoisotopic (exact) mass is 263 g/mol. The molecule has 1 saturated carbocycles. The third-order valence-electron chi connectivity index (χ3n) is 4.62. The van der Waals surface area contributed by atoms with Crippen LogP contribution in [0.15, 0.2) is 24.3 Å². The molecule has 0 bridgehead atoms. The van der Waals surface area contributed by atoms with Crippen molar-refractivity contribution in [3.8, 4) is 0 Å². The zero-order valence-electron chi connectivity index (χ0n) is 11.5. The maximum absolute atomic E-state index is 13.8. The molecule has 3 heteroatoms. The van der Waals surface area contributed by atoms with Crippen molar-refractivity contribution >= 4 is 0 Å². The fourth-order valence-corrected chi connectivity index (χ4v) is 3.36. The lowest BCUT2D eigenvalue weighted by atomic mass is 9.74. The van der Waals surface area contributed by atoms with Gasteiger partial charge in [-0.3, -0.25) is 0 Å². The zero-order valence-corrected chi connectivity index (χ0v) is 11.5. The molecule has 1 N–H and O–H groups in total. The van der Waals surface area contributed by atoms with Crippen molar-refractivity contribution in [2.45, 2.75) is 56.7 Å². The summed E-state index contributed by atoms with van der Waals surface area (Å²) < 4.78 is 19.7. The lowest BCUT2D eigenvalue weighted by Crippen LogP contribution is -2.51. The van der Waals surface area contributed by atoms with Gasteiger partial charge in [0.1, 0.15) is 5.82 Å². The second-order valence-electron chi connectivity index (χ2n) is 5.98. The number of hydrogen-bond acceptors (Lipinski definition) is 2. The van der Waals surface area contributed by atoms with Gasteiger partial charge in [-0.1, -0.05) is 18.2 Å². The smallest absolute Gasteiger partial charge is 0.127 e. The largest absolute Gasteiger partial charge is 0.375 e. The molecule has 0 aromatic heterocycles. The Hall–Kier alpha value is -0.930. The summed E-state index contributed by atoms with van der Waals surface area (Å²) in [6.07, 6.45) is 5.78. The van der Waals surface area contributed by atoms with Gasteiger partial charge in [0.2, 0.25) is 0 Å². The Kier molecular flexibility index (Phi) is 3.59. The van der Waals surface area contributed by atoms with E-state index in [1.54, 1.807) is 6.07 Å². The maximum Gasteiger partial charge on any atom is 0.127 e. The first kappa shape index (κ1) is 13.1. The van der Waals surface area contributed by atoms with Crippen molar-refractivity contribution < 1.29 is 9.13 Å². The zero-order chi connectivity index (χ0) is 13.3. The molecule has 2 nitrogen and oxygen atoms in total. The van der Waals surface area contributed by atoms with Crippen LogP contribution in [-0.2, 0) is 4.74 Å². The fourth-order valence-electron chi connectivity index (χ4n) is 3.36. The molecule has 19 heavy (non-hydrogen) atoms. The molecule has 1 aromatic carbocycles. The van der Waals surface area contributed by atoms with E-state index in [4.69, 9.17) is 4.74 Å². The summed E-state index contributed by atoms with van der Waals surface area (Å²) in [5.74, 6) is -0.118. The lowest BCUT2D eigenvalue weighted by Gasteiger charge is -2.47. The van der Waals surface area contributed by atoms with Gasteiger partial charge in [-0.25, -0.2) is 4.39 Å². The number of hydrogen-bond donors (Lipinski definition) is 1. The van der Waals surface area contributed by atoms with Crippen molar-refractivity contribution in [2.24, 2.45) is 0 Å². The van der Waals surface area contributed by atoms with Crippen molar-refractivity contribution in [3.63, 3.8) is 0 Å². The minimum atomic E-state index is -0.118. The van der Waals surface area contributed by atoms with E-state index in [2.05, 4.69) is 5.32 Å². The summed E-state index contributed by atoms with van der Waals surface area (Å²) in [7, 11) is 0. The number of rotatable bonds is 3. The van der Waals surface area contributed by atoms with Gasteiger partial charge in [-0.05, 0) is 45.1 Å². The first-order valence-electron chi connectivity index (χ1n) is 7.33. The van der Waals surface area contributed by atoms with Crippen molar-refractivity contribution in [2.75, 3.05) is 6.61 Å². The van der Waals surface area contributed by atoms with Gasteiger partial charge in [0, 0.05) is 24.3 Å². The van der Waals surface area contributed by atoms with Crippen LogP contribution in [0.3, 0.4) is 0 Å². The molecular weight excluding hydrogens is 241 g/mol. The Morgan fingerprint density at radius 3 is 2.84 bits per heavy atom. The van der Waals surface area contributed by atoms with Crippen LogP contribution in [-0.4, -0.2) is 18.2 Å². The predicted octanol–water partition coefficient (Wildman–Crippen LogP) is 3.58. The molecule has 1 aliphatic carbocycles. The molecule has 1 aromatic rings. The molecule has 2 atom stereocenters. The van der Waals surface area contributed by atoms with E-state index in [1.165, 1.54) is 25.3 Å². The Labute approximate surface area is 114 Å². The molecule has 0 amide bonds. The Balaban J connectivity index is 1.63. The number of ether oxygens (including phenoxy) is 1. The van der Waals surface area contributed by atoms with Gasteiger partial charge in [0.05, 0.1) is 5.60 Å². The maximum atomic E-state index is 13.8. The molecule has 3 rings (SSSR count). The third-order valence-corrected chi connectivity index (χ3v) is 4.62. The molecule has 1 heterocycles. The van der Waals surface area contributed by atoms with E-state index in [1.807, 2.05) is 19.1 Å². The molecule has 1 unspecified atom stereocenters. The van der Waals surface area contributed by atoms with E-state index in [9.17, 15) is 4.39 Å². The van der Waals surface area contributed by atoms with E-state index in [0.29, 0.717) is 6.04 Å². The third kappa shape index (κ3) is 2.67. The van der Waals surface area contributed by atoms with Gasteiger partial charge in [-0.15, -0.1) is 0 Å². The standard InChI is InChI=1S/C16H22FNO/c1-12(14-5-2-3-6-15(14)17)18-13-7-10-19-16(11-13)8-4-9-16/h2-3,5-6,12-13,18H,4,7-11H2,1H3/t12-,13?/m1/s1. The Morgan fingerprint density at radius 1 is 1.37 bits per heavy atom. The van der Waals surface area contributed by atoms with Crippen molar-refractivity contribution in [3.05, 3.63) is 35.6 Å². The SMILES string of the molecule is C[C@@H](NC1CCOC2(CCC2)C1)c1ccccc1F. The fraction of sp³-hybridized carbons (Fsp3) is 0.625. The normalized spacial score (nSPS) is 26.9. The molecule has 1 spiro atoms. The minimum Gasteiger partial charge on any atom is -0.375 e. The molecule has 1 saturated heterocycles. The van der Waals surface area contributed by atoms with Crippen LogP contribution in [0, 0.1) is 5.82 Å². The van der Waals surface area contributed by atoms with Gasteiger partial charge in [0.25, 0.3) is 0 Å². The highest BCUT2D eigenvalue weighted by atomic mass is 19.1. The molecule has 0 radical (unpaired) electrons. The van der Waals surface area contributed by atoms with E-state index in [-0.39, 0.29) is 17.5 Å². The minimum absolute atomic E-state index is 0.0569. The first-order valence-corrected chi connectivity index (χ1v) is 7.33. The Bertz CT molecular complexity index is 444. The van der Waals surface area contributed by atoms with Crippen LogP contribution in [0.25, 0.3) is 0 Å². The number of benzene rings is 1. The quantitative estimate of drug-likeness (QED) is 0.900. The highest BCUT2D eigenvalue weighted by molar-refractivity contribution is 5.20. The van der Waals surface area contributed by atoms with Gasteiger partial charge < -0.3 is 10.1 Å². The van der Waals surface area contributed by atoms with Crippen LogP contribution >= 0.6 is 0 Å². The average Bonchev–Trinajstić information content (AvgIpc) is 2.37. The van der Waals surface area contributed by atoms with Gasteiger partial charge >= 0.3 is 0 Å². The molecule has 2 fully saturated rings. The predicted molar refractivity (Wildman–Crippen MR) is 73.5 cm³/mol. The van der Waals surface area contributed by atoms with Gasteiger partial charge in [-0.2, -0.15) is 0 Å². The second-order valence-corrected chi connectivity index (χ2v) is 5.98. The highest BCUT2D eigenvalue weighted by Crippen LogP contribution is 2.42. The van der Waals surface area contributed by atoms with E-state index < -0.39 is 0 Å². The van der Waals surface area contributed by atoms with Crippen molar-refractivity contribution in [1.29, 1.82) is 0 Å². The molecule has 2 aliphatic rings. The Morgan fingerprint density at radius 2 is 2.16 bits per heavy atom. The number of nitrogens with one attached hydrogen (secondary N) is 1. The first-order chi connectivity index (χ1) is 9.19. The van der Waals surface area contributed by atoms with Crippen LogP contribution < -0.4 is 5.32 Å². The molecular formula is C16H22FNO. The second kappa shape index (κ2) is 5.22. The summed E-state index contributed by atoms with van der Waals surface area (Å²) in [6, 6.07) is 7.54. The molecule has 104 valence electrons. The summed E-state index contributed by atoms with van der Waals surface area (Å²) in [4.78, 5) is 0. The van der Waals surface area contributed by atoms with Crippen molar-refractivity contribution in [1.82, 2.24) is 5.32 Å². The van der Waals surface area contributed by atoms with E-state index in [0.717, 1.165) is 25.0 Å². The summed E-state index contributed by atoms with van der Waals surface area (Å²) in [6.45, 7) is 2.88. The lowest BCUT2D eigenvalue weighted by molar-refractivity contribution is -0.136. The topological polar surface area (TPSA) is 21.3 Å². The van der Waals surface area contributed by atoms with Crippen LogP contribution in [0.5, 0.6) is 0 Å². The van der Waals surface area contributed by atoms with Crippen LogP contribution in [0.1, 0.15) is 50.6 Å². The highest BCUT2D eigenvalue weighted by Gasteiger charge is 2.42. The van der Waals surface area contributed by atoms with Gasteiger partial charge in [0.15, 0.2) is 0 Å². The number of halogens is 1. The average molecular weight is 263 g/mol.